The van der Waals surface area contributed by atoms with Gasteiger partial charge in [-0.25, -0.2) is 46.7 Å². The average Bonchev–Trinajstić information content (AvgIpc) is 4.15. The summed E-state index contributed by atoms with van der Waals surface area (Å²) in [5.74, 6) is 1.66. The number of hydrogen-bond donors (Lipinski definition) is 2. The molecule has 5 aliphatic rings. The van der Waals surface area contributed by atoms with Gasteiger partial charge < -0.3 is 40.0 Å². The smallest absolute Gasteiger partial charge is 0.399 e. The van der Waals surface area contributed by atoms with E-state index in [9.17, 15) is 16.8 Å². The van der Waals surface area contributed by atoms with Crippen molar-refractivity contribution in [3.05, 3.63) is 63.2 Å². The lowest BCUT2D eigenvalue weighted by molar-refractivity contribution is 0.00578. The Morgan fingerprint density at radius 3 is 1.49 bits per heavy atom. The van der Waals surface area contributed by atoms with Gasteiger partial charge in [0.2, 0.25) is 11.9 Å². The summed E-state index contributed by atoms with van der Waals surface area (Å²) in [4.78, 5) is 30.0. The van der Waals surface area contributed by atoms with Crippen LogP contribution in [0, 0.1) is 0 Å². The summed E-state index contributed by atoms with van der Waals surface area (Å²) in [6.07, 6.45) is 7.96. The van der Waals surface area contributed by atoms with Crippen LogP contribution in [0.25, 0.3) is 11.3 Å². The van der Waals surface area contributed by atoms with Crippen molar-refractivity contribution in [2.45, 2.75) is 81.5 Å². The van der Waals surface area contributed by atoms with E-state index < -0.39 is 36.3 Å². The quantitative estimate of drug-likeness (QED) is 0.176. The number of sulfone groups is 2. The number of halogens is 3. The van der Waals surface area contributed by atoms with Gasteiger partial charge in [-0.05, 0) is 77.6 Å². The van der Waals surface area contributed by atoms with Crippen LogP contribution in [-0.4, -0.2) is 130 Å². The van der Waals surface area contributed by atoms with Gasteiger partial charge in [0.1, 0.15) is 26.3 Å². The Kier molecular flexibility index (Phi) is 14.9. The number of hydrogen-bond acceptors (Lipinski definition) is 18. The summed E-state index contributed by atoms with van der Waals surface area (Å²) in [7, 11) is -7.01. The molecule has 0 unspecified atom stereocenters. The summed E-state index contributed by atoms with van der Waals surface area (Å²) in [6.45, 7) is 13.0. The van der Waals surface area contributed by atoms with Crippen LogP contribution in [0.1, 0.15) is 72.2 Å². The van der Waals surface area contributed by atoms with Gasteiger partial charge in [0.15, 0.2) is 19.7 Å². The third-order valence-electron chi connectivity index (χ3n) is 12.3. The Balaban J connectivity index is 0.000000165. The highest BCUT2D eigenvalue weighted by molar-refractivity contribution is 7.92. The first-order valence-electron chi connectivity index (χ1n) is 20.6. The zero-order valence-corrected chi connectivity index (χ0v) is 40.4. The molecule has 9 rings (SSSR count). The third kappa shape index (κ3) is 10.9. The van der Waals surface area contributed by atoms with E-state index in [1.807, 2.05) is 37.5 Å². The summed E-state index contributed by atoms with van der Waals surface area (Å²) < 4.78 is 69.4. The Bertz CT molecular complexity index is 2600. The number of morpholine rings is 2. The number of nitrogens with zero attached hydrogens (tertiary/aromatic N) is 8. The summed E-state index contributed by atoms with van der Waals surface area (Å²) in [5.41, 5.74) is 13.3. The molecule has 18 nitrogen and oxygen atoms in total. The van der Waals surface area contributed by atoms with Gasteiger partial charge in [-0.1, -0.05) is 42.2 Å². The lowest BCUT2D eigenvalue weighted by Gasteiger charge is -2.32. The van der Waals surface area contributed by atoms with Crippen molar-refractivity contribution < 1.29 is 35.6 Å². The predicted octanol–water partition coefficient (Wildman–Crippen LogP) is 4.90. The van der Waals surface area contributed by atoms with Gasteiger partial charge >= 0.3 is 7.12 Å². The van der Waals surface area contributed by atoms with Gasteiger partial charge in [-0.2, -0.15) is 0 Å². The Morgan fingerprint density at radius 1 is 0.631 bits per heavy atom. The molecule has 24 heteroatoms. The molecule has 65 heavy (non-hydrogen) atoms. The van der Waals surface area contributed by atoms with Gasteiger partial charge in [0.05, 0.1) is 59.7 Å². The van der Waals surface area contributed by atoms with Gasteiger partial charge in [-0.3, -0.25) is 0 Å². The normalized spacial score (nSPS) is 20.4. The Labute approximate surface area is 396 Å². The maximum Gasteiger partial charge on any atom is 0.497 e. The molecule has 2 saturated carbocycles. The highest BCUT2D eigenvalue weighted by Gasteiger charge is 2.56. The van der Waals surface area contributed by atoms with E-state index in [0.29, 0.717) is 140 Å². The van der Waals surface area contributed by atoms with Crippen LogP contribution in [0.4, 0.5) is 23.5 Å². The largest absolute Gasteiger partial charge is 0.497 e. The second-order valence-corrected chi connectivity index (χ2v) is 23.2. The highest BCUT2D eigenvalue weighted by Crippen LogP contribution is 2.53. The van der Waals surface area contributed by atoms with Crippen molar-refractivity contribution in [1.29, 1.82) is 0 Å². The first kappa shape index (κ1) is 50.7. The van der Waals surface area contributed by atoms with Crippen molar-refractivity contribution in [3.63, 3.8) is 0 Å². The molecule has 0 radical (unpaired) electrons. The standard InChI is InChI=1S/C17H20ClN5O3S.C12H16ClN3O3S.C11H16BClN2O2.CH4/c1-27(24,25)17(2-3-17)14-9-13(11-10-20-15(19)8-12(11)18)21-16(22-14)23-4-6-26-7-5-23;1-20(17,18)12(2-3-12)9-8-10(13)15-11(14-9)16-4-6-19-7-5-16;1-10(2)11(3,4)17-12(16-10)7-6-15-9(14)5-8(7)13;/h8-10H,2-7H2,1H3,(H2,19,20);8H,2-7H2,1H3;5-6H,1-4H3,(H2,14,15);1H4. The zero-order valence-electron chi connectivity index (χ0n) is 36.5. The minimum absolute atomic E-state index is 0. The van der Waals surface area contributed by atoms with Crippen LogP contribution in [0.2, 0.25) is 15.2 Å². The number of nitrogen functional groups attached to an aromatic ring is 2. The molecule has 4 N–H and O–H groups in total. The van der Waals surface area contributed by atoms with E-state index in [-0.39, 0.29) is 23.8 Å². The fraction of sp³-hybridized carbons (Fsp3) is 0.561. The van der Waals surface area contributed by atoms with Crippen molar-refractivity contribution in [3.8, 4) is 11.3 Å². The highest BCUT2D eigenvalue weighted by atomic mass is 35.5. The second-order valence-electron chi connectivity index (χ2n) is 17.4. The zero-order chi connectivity index (χ0) is 46.5. The second kappa shape index (κ2) is 19.1. The number of anilines is 4. The van der Waals surface area contributed by atoms with Crippen molar-refractivity contribution in [2.24, 2.45) is 0 Å². The lowest BCUT2D eigenvalue weighted by Crippen LogP contribution is -2.41. The monoisotopic (exact) mass is 996 g/mol. The van der Waals surface area contributed by atoms with E-state index in [1.54, 1.807) is 36.7 Å². The fourth-order valence-electron chi connectivity index (χ4n) is 7.35. The van der Waals surface area contributed by atoms with Crippen LogP contribution in [0.15, 0.2) is 36.7 Å². The molecule has 4 aromatic rings. The molecule has 5 fully saturated rings. The van der Waals surface area contributed by atoms with Crippen molar-refractivity contribution in [2.75, 3.05) is 86.4 Å². The summed E-state index contributed by atoms with van der Waals surface area (Å²) in [5, 5.41) is 1.20. The Morgan fingerprint density at radius 2 is 1.06 bits per heavy atom. The SMILES string of the molecule is C.CC1(C)OB(c2cnc(N)cc2Cl)OC1(C)C.CS(=O)(=O)C1(c2cc(-c3cnc(N)cc3Cl)nc(N3CCOCC3)n2)CC1.CS(=O)(=O)C1(c2cc(Cl)nc(N3CCOCC3)n2)CC1. The average molecular weight is 998 g/mol. The fourth-order valence-corrected chi connectivity index (χ4v) is 10.7. The molecule has 4 aromatic heterocycles. The molecule has 354 valence electrons. The molecule has 2 aliphatic carbocycles. The summed E-state index contributed by atoms with van der Waals surface area (Å²) >= 11 is 18.5. The molecular weight excluding hydrogens is 942 g/mol. The maximum absolute atomic E-state index is 12.4. The molecule has 0 atom stereocenters. The minimum atomic E-state index is -3.31. The van der Waals surface area contributed by atoms with E-state index >= 15 is 0 Å². The van der Waals surface area contributed by atoms with Gasteiger partial charge in [-0.15, -0.1) is 0 Å². The van der Waals surface area contributed by atoms with Crippen molar-refractivity contribution >= 4 is 90.6 Å². The number of aromatic nitrogens is 6. The van der Waals surface area contributed by atoms with E-state index in [1.165, 1.54) is 12.5 Å². The van der Waals surface area contributed by atoms with Crippen LogP contribution in [0.5, 0.6) is 0 Å². The van der Waals surface area contributed by atoms with Crippen LogP contribution < -0.4 is 26.7 Å². The van der Waals surface area contributed by atoms with Gasteiger partial charge in [0, 0.05) is 67.1 Å². The molecule has 7 heterocycles. The van der Waals surface area contributed by atoms with Gasteiger partial charge in [0.25, 0.3) is 0 Å². The molecule has 0 bridgehead atoms. The molecule has 0 aromatic carbocycles. The molecular formula is C41H56BCl3N10O8S2. The number of nitrogens with two attached hydrogens (primary N) is 2. The topological polar surface area (TPSA) is 241 Å². The molecule has 3 aliphatic heterocycles. The lowest BCUT2D eigenvalue weighted by atomic mass is 9.80. The molecule has 3 saturated heterocycles. The summed E-state index contributed by atoms with van der Waals surface area (Å²) in [6, 6.07) is 6.43. The van der Waals surface area contributed by atoms with Crippen LogP contribution in [-0.2, 0) is 48.0 Å². The predicted molar refractivity (Wildman–Crippen MR) is 255 cm³/mol. The maximum atomic E-state index is 12.4. The number of pyridine rings is 2. The molecule has 0 amide bonds. The molecule has 0 spiro atoms. The van der Waals surface area contributed by atoms with E-state index in [4.69, 9.17) is 65.1 Å². The Hall–Kier alpha value is -3.67. The first-order valence-corrected chi connectivity index (χ1v) is 25.5. The van der Waals surface area contributed by atoms with E-state index in [2.05, 4.69) is 29.9 Å². The minimum Gasteiger partial charge on any atom is -0.399 e. The number of rotatable bonds is 8. The van der Waals surface area contributed by atoms with Crippen molar-refractivity contribution in [1.82, 2.24) is 29.9 Å². The number of ether oxygens (including phenoxy) is 2. The third-order valence-corrected chi connectivity index (χ3v) is 17.2. The van der Waals surface area contributed by atoms with E-state index in [0.717, 1.165) is 0 Å². The first-order chi connectivity index (χ1) is 29.9. The van der Waals surface area contributed by atoms with Crippen LogP contribution in [0.3, 0.4) is 0 Å². The van der Waals surface area contributed by atoms with Crippen LogP contribution >= 0.6 is 34.8 Å².